The topological polar surface area (TPSA) is 101 Å². The second kappa shape index (κ2) is 6.96. The van der Waals surface area contributed by atoms with Crippen molar-refractivity contribution in [2.75, 3.05) is 5.32 Å². The second-order valence-electron chi connectivity index (χ2n) is 5.80. The van der Waals surface area contributed by atoms with E-state index in [0.717, 1.165) is 42.6 Å². The number of rotatable bonds is 5. The largest absolute Gasteiger partial charge is 0.296 e. The van der Waals surface area contributed by atoms with Gasteiger partial charge >= 0.3 is 0 Å². The molecule has 7 nitrogen and oxygen atoms in total. The Kier molecular flexibility index (Phi) is 4.93. The van der Waals surface area contributed by atoms with Crippen molar-refractivity contribution in [3.8, 4) is 0 Å². The molecule has 1 amide bonds. The number of anilines is 1. The van der Waals surface area contributed by atoms with E-state index < -0.39 is 10.0 Å². The molecule has 2 N–H and O–H groups in total. The second-order valence-corrected chi connectivity index (χ2v) is 8.66. The molecule has 0 spiro atoms. The van der Waals surface area contributed by atoms with Crippen LogP contribution in [0.15, 0.2) is 28.6 Å². The SMILES string of the molecule is Cc1ccc(C(=O)Nc2nnc(S(=O)(=O)NC3CCCC3)s2)cc1. The molecular formula is C15H18N4O3S2. The summed E-state index contributed by atoms with van der Waals surface area (Å²) in [6.07, 6.45) is 3.74. The van der Waals surface area contributed by atoms with E-state index in [1.807, 2.05) is 19.1 Å². The van der Waals surface area contributed by atoms with Gasteiger partial charge in [0.1, 0.15) is 0 Å². The lowest BCUT2D eigenvalue weighted by molar-refractivity contribution is 0.102. The minimum absolute atomic E-state index is 0.0375. The minimum atomic E-state index is -3.69. The summed E-state index contributed by atoms with van der Waals surface area (Å²) in [5.41, 5.74) is 1.53. The van der Waals surface area contributed by atoms with Crippen molar-refractivity contribution in [2.45, 2.75) is 43.0 Å². The summed E-state index contributed by atoms with van der Waals surface area (Å²) in [4.78, 5) is 12.1. The van der Waals surface area contributed by atoms with Gasteiger partial charge in [0.15, 0.2) is 0 Å². The van der Waals surface area contributed by atoms with Crippen molar-refractivity contribution in [1.29, 1.82) is 0 Å². The third kappa shape index (κ3) is 3.97. The third-order valence-electron chi connectivity index (χ3n) is 3.85. The summed E-state index contributed by atoms with van der Waals surface area (Å²) >= 11 is 0.845. The Morgan fingerprint density at radius 2 is 1.83 bits per heavy atom. The number of hydrogen-bond donors (Lipinski definition) is 2. The quantitative estimate of drug-likeness (QED) is 0.791. The highest BCUT2D eigenvalue weighted by atomic mass is 32.2. The molecular weight excluding hydrogens is 348 g/mol. The van der Waals surface area contributed by atoms with Gasteiger partial charge < -0.3 is 0 Å². The van der Waals surface area contributed by atoms with E-state index in [9.17, 15) is 13.2 Å². The average Bonchev–Trinajstić information content (AvgIpc) is 3.19. The molecule has 9 heteroatoms. The van der Waals surface area contributed by atoms with Gasteiger partial charge in [0, 0.05) is 11.6 Å². The first kappa shape index (κ1) is 17.0. The Bertz CT molecular complexity index is 825. The summed E-state index contributed by atoms with van der Waals surface area (Å²) in [5.74, 6) is -0.348. The Morgan fingerprint density at radius 1 is 1.17 bits per heavy atom. The molecule has 1 fully saturated rings. The van der Waals surface area contributed by atoms with Crippen molar-refractivity contribution in [3.05, 3.63) is 35.4 Å². The molecule has 1 saturated carbocycles. The number of hydrogen-bond acceptors (Lipinski definition) is 6. The number of aryl methyl sites for hydroxylation is 1. The Balaban J connectivity index is 1.68. The van der Waals surface area contributed by atoms with Gasteiger partial charge in [-0.1, -0.05) is 41.9 Å². The number of nitrogens with zero attached hydrogens (tertiary/aromatic N) is 2. The number of carbonyl (C=O) groups excluding carboxylic acids is 1. The molecule has 1 heterocycles. The number of benzene rings is 1. The van der Waals surface area contributed by atoms with Crippen molar-refractivity contribution >= 4 is 32.4 Å². The van der Waals surface area contributed by atoms with E-state index in [4.69, 9.17) is 0 Å². The average molecular weight is 366 g/mol. The van der Waals surface area contributed by atoms with Gasteiger partial charge in [0.2, 0.25) is 9.47 Å². The summed E-state index contributed by atoms with van der Waals surface area (Å²) in [7, 11) is -3.69. The van der Waals surface area contributed by atoms with Crippen LogP contribution in [-0.4, -0.2) is 30.6 Å². The van der Waals surface area contributed by atoms with Crippen LogP contribution in [0.4, 0.5) is 5.13 Å². The van der Waals surface area contributed by atoms with Crippen LogP contribution in [0.2, 0.25) is 0 Å². The zero-order valence-corrected chi connectivity index (χ0v) is 14.8. The van der Waals surface area contributed by atoms with Crippen molar-refractivity contribution in [2.24, 2.45) is 0 Å². The van der Waals surface area contributed by atoms with Gasteiger partial charge in [0.05, 0.1) is 0 Å². The zero-order valence-electron chi connectivity index (χ0n) is 13.2. The van der Waals surface area contributed by atoms with Gasteiger partial charge in [-0.15, -0.1) is 10.2 Å². The van der Waals surface area contributed by atoms with Crippen molar-refractivity contribution in [3.63, 3.8) is 0 Å². The van der Waals surface area contributed by atoms with Gasteiger partial charge in [-0.2, -0.15) is 0 Å². The summed E-state index contributed by atoms with van der Waals surface area (Å²) in [5, 5.41) is 10.2. The maximum Gasteiger partial charge on any atom is 0.270 e. The maximum absolute atomic E-state index is 12.3. The predicted molar refractivity (Wildman–Crippen MR) is 91.6 cm³/mol. The number of amides is 1. The molecule has 3 rings (SSSR count). The van der Waals surface area contributed by atoms with Crippen LogP contribution in [0.25, 0.3) is 0 Å². The van der Waals surface area contributed by atoms with Gasteiger partial charge in [-0.25, -0.2) is 13.1 Å². The Morgan fingerprint density at radius 3 is 2.50 bits per heavy atom. The monoisotopic (exact) mass is 366 g/mol. The Labute approximate surface area is 144 Å². The zero-order chi connectivity index (χ0) is 17.2. The molecule has 1 aliphatic rings. The number of aromatic nitrogens is 2. The number of carbonyl (C=O) groups is 1. The lowest BCUT2D eigenvalue weighted by Crippen LogP contribution is -2.32. The first-order chi connectivity index (χ1) is 11.4. The number of nitrogens with one attached hydrogen (secondary N) is 2. The van der Waals surface area contributed by atoms with Crippen LogP contribution in [0.5, 0.6) is 0 Å². The molecule has 0 saturated heterocycles. The molecule has 1 aromatic heterocycles. The normalized spacial score (nSPS) is 15.5. The van der Waals surface area contributed by atoms with Crippen LogP contribution in [-0.2, 0) is 10.0 Å². The molecule has 0 unspecified atom stereocenters. The maximum atomic E-state index is 12.3. The highest BCUT2D eigenvalue weighted by Crippen LogP contribution is 2.24. The van der Waals surface area contributed by atoms with E-state index in [0.29, 0.717) is 5.56 Å². The van der Waals surface area contributed by atoms with Crippen LogP contribution < -0.4 is 10.0 Å². The smallest absolute Gasteiger partial charge is 0.270 e. The fourth-order valence-corrected chi connectivity index (χ4v) is 4.77. The van der Waals surface area contributed by atoms with E-state index in [1.165, 1.54) is 0 Å². The molecule has 24 heavy (non-hydrogen) atoms. The van der Waals surface area contributed by atoms with Crippen LogP contribution in [0, 0.1) is 6.92 Å². The van der Waals surface area contributed by atoms with E-state index in [2.05, 4.69) is 20.2 Å². The molecule has 2 aromatic rings. The third-order valence-corrected chi connectivity index (χ3v) is 6.57. The van der Waals surface area contributed by atoms with E-state index in [-0.39, 0.29) is 21.4 Å². The predicted octanol–water partition coefficient (Wildman–Crippen LogP) is 2.32. The number of sulfonamides is 1. The van der Waals surface area contributed by atoms with E-state index in [1.54, 1.807) is 12.1 Å². The molecule has 1 aliphatic carbocycles. The lowest BCUT2D eigenvalue weighted by atomic mass is 10.1. The first-order valence-electron chi connectivity index (χ1n) is 7.68. The molecule has 0 aliphatic heterocycles. The van der Waals surface area contributed by atoms with E-state index >= 15 is 0 Å². The molecule has 128 valence electrons. The fourth-order valence-electron chi connectivity index (χ4n) is 2.56. The van der Waals surface area contributed by atoms with Crippen molar-refractivity contribution in [1.82, 2.24) is 14.9 Å². The minimum Gasteiger partial charge on any atom is -0.296 e. The summed E-state index contributed by atoms with van der Waals surface area (Å²) < 4.78 is 27.1. The van der Waals surface area contributed by atoms with Gasteiger partial charge in [0.25, 0.3) is 15.9 Å². The molecule has 1 aromatic carbocycles. The highest BCUT2D eigenvalue weighted by Gasteiger charge is 2.26. The van der Waals surface area contributed by atoms with Crippen LogP contribution in [0.3, 0.4) is 0 Å². The standard InChI is InChI=1S/C15H18N4O3S2/c1-10-6-8-11(9-7-10)13(20)16-14-17-18-15(23-14)24(21,22)19-12-4-2-3-5-12/h6-9,12,19H,2-5H2,1H3,(H,16,17,20). The lowest BCUT2D eigenvalue weighted by Gasteiger charge is -2.09. The van der Waals surface area contributed by atoms with Gasteiger partial charge in [-0.05, 0) is 31.9 Å². The highest BCUT2D eigenvalue weighted by molar-refractivity contribution is 7.91. The fraction of sp³-hybridized carbons (Fsp3) is 0.400. The summed E-state index contributed by atoms with van der Waals surface area (Å²) in [6, 6.07) is 7.02. The molecule has 0 atom stereocenters. The molecule has 0 bridgehead atoms. The first-order valence-corrected chi connectivity index (χ1v) is 9.98. The molecule has 0 radical (unpaired) electrons. The van der Waals surface area contributed by atoms with Gasteiger partial charge in [-0.3, -0.25) is 10.1 Å². The summed E-state index contributed by atoms with van der Waals surface area (Å²) in [6.45, 7) is 1.93. The Hall–Kier alpha value is -1.84. The van der Waals surface area contributed by atoms with Crippen molar-refractivity contribution < 1.29 is 13.2 Å². The van der Waals surface area contributed by atoms with Crippen LogP contribution >= 0.6 is 11.3 Å². The van der Waals surface area contributed by atoms with Crippen LogP contribution in [0.1, 0.15) is 41.6 Å².